The SMILES string of the molecule is CC(C)C(NC(=O)CN1CCN(CC(=O)Nc2ccccc2C(F)(F)F)CC1)c1ccc(F)cc1. The molecule has 0 radical (unpaired) electrons. The molecule has 0 aliphatic carbocycles. The molecule has 3 rings (SSSR count). The molecule has 2 N–H and O–H groups in total. The number of halogens is 4. The number of hydrogen-bond acceptors (Lipinski definition) is 4. The minimum Gasteiger partial charge on any atom is -0.348 e. The maximum atomic E-state index is 13.2. The largest absolute Gasteiger partial charge is 0.418 e. The van der Waals surface area contributed by atoms with Gasteiger partial charge in [-0.25, -0.2) is 4.39 Å². The number of amides is 2. The van der Waals surface area contributed by atoms with Crippen molar-refractivity contribution in [2.45, 2.75) is 26.1 Å². The van der Waals surface area contributed by atoms with Crippen LogP contribution < -0.4 is 10.6 Å². The summed E-state index contributed by atoms with van der Waals surface area (Å²) in [5.41, 5.74) is -0.316. The number of nitrogens with one attached hydrogen (secondary N) is 2. The molecule has 0 saturated carbocycles. The van der Waals surface area contributed by atoms with Crippen molar-refractivity contribution < 1.29 is 27.2 Å². The quantitative estimate of drug-likeness (QED) is 0.547. The van der Waals surface area contributed by atoms with Crippen LogP contribution in [0.15, 0.2) is 48.5 Å². The Bertz CT molecular complexity index is 1000. The molecule has 1 saturated heterocycles. The van der Waals surface area contributed by atoms with Gasteiger partial charge in [0.15, 0.2) is 0 Å². The summed E-state index contributed by atoms with van der Waals surface area (Å²) in [5, 5.41) is 5.37. The van der Waals surface area contributed by atoms with Gasteiger partial charge in [-0.15, -0.1) is 0 Å². The number of nitrogens with zero attached hydrogens (tertiary/aromatic N) is 2. The highest BCUT2D eigenvalue weighted by Gasteiger charge is 2.33. The first-order chi connectivity index (χ1) is 16.5. The average Bonchev–Trinajstić information content (AvgIpc) is 2.79. The van der Waals surface area contributed by atoms with Gasteiger partial charge >= 0.3 is 6.18 Å². The van der Waals surface area contributed by atoms with Gasteiger partial charge in [0.05, 0.1) is 30.4 Å². The summed E-state index contributed by atoms with van der Waals surface area (Å²) in [5.74, 6) is -0.893. The summed E-state index contributed by atoms with van der Waals surface area (Å²) < 4.78 is 52.6. The lowest BCUT2D eigenvalue weighted by Gasteiger charge is -2.34. The van der Waals surface area contributed by atoms with E-state index in [1.165, 1.54) is 30.3 Å². The zero-order chi connectivity index (χ0) is 25.6. The zero-order valence-electron chi connectivity index (χ0n) is 19.7. The van der Waals surface area contributed by atoms with E-state index in [2.05, 4.69) is 10.6 Å². The van der Waals surface area contributed by atoms with Crippen molar-refractivity contribution in [1.29, 1.82) is 0 Å². The number of alkyl halides is 3. The molecule has 0 bridgehead atoms. The lowest BCUT2D eigenvalue weighted by molar-refractivity contribution is -0.137. The summed E-state index contributed by atoms with van der Waals surface area (Å²) in [4.78, 5) is 28.8. The molecule has 35 heavy (non-hydrogen) atoms. The highest BCUT2D eigenvalue weighted by Crippen LogP contribution is 2.34. The summed E-state index contributed by atoms with van der Waals surface area (Å²) in [6.45, 7) is 6.21. The van der Waals surface area contributed by atoms with Crippen LogP contribution in [0.1, 0.15) is 31.0 Å². The molecular weight excluding hydrogens is 464 g/mol. The molecule has 1 aliphatic rings. The van der Waals surface area contributed by atoms with Gasteiger partial charge in [-0.05, 0) is 35.7 Å². The summed E-state index contributed by atoms with van der Waals surface area (Å²) in [6.07, 6.45) is -4.55. The third-order valence-electron chi connectivity index (χ3n) is 5.92. The van der Waals surface area contributed by atoms with Crippen molar-refractivity contribution in [2.24, 2.45) is 5.92 Å². The van der Waals surface area contributed by atoms with Crippen molar-refractivity contribution >= 4 is 17.5 Å². The highest BCUT2D eigenvalue weighted by atomic mass is 19.4. The third-order valence-corrected chi connectivity index (χ3v) is 5.92. The Labute approximate surface area is 202 Å². The lowest BCUT2D eigenvalue weighted by Crippen LogP contribution is -2.51. The number of piperazine rings is 1. The van der Waals surface area contributed by atoms with Crippen molar-refractivity contribution in [3.05, 3.63) is 65.5 Å². The number of carbonyl (C=O) groups is 2. The van der Waals surface area contributed by atoms with E-state index in [1.807, 2.05) is 23.6 Å². The fraction of sp³-hybridized carbons (Fsp3) is 0.440. The van der Waals surface area contributed by atoms with Gasteiger partial charge in [-0.2, -0.15) is 13.2 Å². The number of carbonyl (C=O) groups excluding carboxylic acids is 2. The number of benzene rings is 2. The third kappa shape index (κ3) is 7.76. The van der Waals surface area contributed by atoms with Crippen LogP contribution in [-0.2, 0) is 15.8 Å². The van der Waals surface area contributed by atoms with Crippen LogP contribution in [0.25, 0.3) is 0 Å². The minimum absolute atomic E-state index is 0.0355. The van der Waals surface area contributed by atoms with Crippen molar-refractivity contribution in [3.8, 4) is 0 Å². The Kier molecular flexibility index (Phi) is 8.85. The van der Waals surface area contributed by atoms with Crippen LogP contribution in [0.4, 0.5) is 23.2 Å². The molecule has 1 unspecified atom stereocenters. The maximum Gasteiger partial charge on any atom is 0.418 e. The molecule has 0 aromatic heterocycles. The van der Waals surface area contributed by atoms with E-state index in [0.717, 1.165) is 11.6 Å². The van der Waals surface area contributed by atoms with Crippen LogP contribution in [0.3, 0.4) is 0 Å². The first kappa shape index (κ1) is 26.6. The number of para-hydroxylation sites is 1. The van der Waals surface area contributed by atoms with Crippen LogP contribution in [-0.4, -0.2) is 60.9 Å². The van der Waals surface area contributed by atoms with Crippen LogP contribution in [0.5, 0.6) is 0 Å². The first-order valence-electron chi connectivity index (χ1n) is 11.5. The minimum atomic E-state index is -4.55. The van der Waals surface area contributed by atoms with Crippen molar-refractivity contribution in [1.82, 2.24) is 15.1 Å². The Morgan fingerprint density at radius 2 is 1.43 bits per heavy atom. The van der Waals surface area contributed by atoms with Gasteiger partial charge in [-0.1, -0.05) is 38.1 Å². The van der Waals surface area contributed by atoms with Gasteiger partial charge in [0.2, 0.25) is 11.8 Å². The van der Waals surface area contributed by atoms with Gasteiger partial charge in [0, 0.05) is 26.2 Å². The van der Waals surface area contributed by atoms with Crippen molar-refractivity contribution in [2.75, 3.05) is 44.6 Å². The zero-order valence-corrected chi connectivity index (χ0v) is 19.7. The smallest absolute Gasteiger partial charge is 0.348 e. The first-order valence-corrected chi connectivity index (χ1v) is 11.5. The summed E-state index contributed by atoms with van der Waals surface area (Å²) in [6, 6.07) is 10.7. The summed E-state index contributed by atoms with van der Waals surface area (Å²) in [7, 11) is 0. The number of anilines is 1. The lowest BCUT2D eigenvalue weighted by atomic mass is 9.96. The molecular formula is C25H30F4N4O2. The van der Waals surface area contributed by atoms with Gasteiger partial charge < -0.3 is 10.6 Å². The second-order valence-electron chi connectivity index (χ2n) is 8.98. The average molecular weight is 495 g/mol. The number of rotatable bonds is 8. The predicted molar refractivity (Wildman–Crippen MR) is 125 cm³/mol. The Balaban J connectivity index is 1.46. The Hall–Kier alpha value is -2.98. The predicted octanol–water partition coefficient (Wildman–Crippen LogP) is 3.91. The standard InChI is InChI=1S/C25H30F4N4O2/c1-17(2)24(18-7-9-19(26)10-8-18)31-23(35)16-33-13-11-32(12-14-33)15-22(34)30-21-6-4-3-5-20(21)25(27,28)29/h3-10,17,24H,11-16H2,1-2H3,(H,30,34)(H,31,35). The molecule has 6 nitrogen and oxygen atoms in total. The fourth-order valence-electron chi connectivity index (χ4n) is 4.06. The Morgan fingerprint density at radius 3 is 1.97 bits per heavy atom. The fourth-order valence-corrected chi connectivity index (χ4v) is 4.06. The van der Waals surface area contributed by atoms with Gasteiger partial charge in [-0.3, -0.25) is 19.4 Å². The van der Waals surface area contributed by atoms with Crippen molar-refractivity contribution in [3.63, 3.8) is 0 Å². The molecule has 1 heterocycles. The van der Waals surface area contributed by atoms with E-state index in [-0.39, 0.29) is 42.5 Å². The summed E-state index contributed by atoms with van der Waals surface area (Å²) >= 11 is 0. The maximum absolute atomic E-state index is 13.2. The molecule has 2 aromatic carbocycles. The molecule has 190 valence electrons. The van der Waals surface area contributed by atoms with E-state index < -0.39 is 17.6 Å². The van der Waals surface area contributed by atoms with E-state index in [4.69, 9.17) is 0 Å². The molecule has 1 fully saturated rings. The molecule has 2 amide bonds. The topological polar surface area (TPSA) is 64.7 Å². The van der Waals surface area contributed by atoms with E-state index in [1.54, 1.807) is 12.1 Å². The number of hydrogen-bond donors (Lipinski definition) is 2. The monoisotopic (exact) mass is 494 g/mol. The second kappa shape index (κ2) is 11.6. The second-order valence-corrected chi connectivity index (χ2v) is 8.98. The molecule has 2 aromatic rings. The Morgan fingerprint density at radius 1 is 0.886 bits per heavy atom. The van der Waals surface area contributed by atoms with Crippen LogP contribution >= 0.6 is 0 Å². The normalized spacial score (nSPS) is 16.2. The van der Waals surface area contributed by atoms with Gasteiger partial charge in [0.25, 0.3) is 0 Å². The van der Waals surface area contributed by atoms with E-state index in [0.29, 0.717) is 26.2 Å². The van der Waals surface area contributed by atoms with Crippen LogP contribution in [0.2, 0.25) is 0 Å². The van der Waals surface area contributed by atoms with E-state index >= 15 is 0 Å². The molecule has 1 atom stereocenters. The van der Waals surface area contributed by atoms with Gasteiger partial charge in [0.1, 0.15) is 5.82 Å². The molecule has 1 aliphatic heterocycles. The molecule has 10 heteroatoms. The van der Waals surface area contributed by atoms with E-state index in [9.17, 15) is 27.2 Å². The molecule has 0 spiro atoms. The highest BCUT2D eigenvalue weighted by molar-refractivity contribution is 5.93. The van der Waals surface area contributed by atoms with Crippen LogP contribution in [0, 0.1) is 11.7 Å².